The third kappa shape index (κ3) is 5.99. The summed E-state index contributed by atoms with van der Waals surface area (Å²) in [6.07, 6.45) is 23.7. The molecule has 1 nitrogen and oxygen atoms in total. The Morgan fingerprint density at radius 1 is 0.818 bits per heavy atom. The highest BCUT2D eigenvalue weighted by Crippen LogP contribution is 2.37. The highest BCUT2D eigenvalue weighted by molar-refractivity contribution is 5.12. The summed E-state index contributed by atoms with van der Waals surface area (Å²) in [5.41, 5.74) is 0. The minimum atomic E-state index is 0.750. The quantitative estimate of drug-likeness (QED) is 0.410. The van der Waals surface area contributed by atoms with Gasteiger partial charge in [-0.05, 0) is 49.4 Å². The van der Waals surface area contributed by atoms with Gasteiger partial charge in [-0.2, -0.15) is 5.26 Å². The molecule has 0 aliphatic heterocycles. The second-order valence-corrected chi connectivity index (χ2v) is 7.53. The summed E-state index contributed by atoms with van der Waals surface area (Å²) < 4.78 is 0. The second kappa shape index (κ2) is 9.88. The Kier molecular flexibility index (Phi) is 7.78. The van der Waals surface area contributed by atoms with E-state index in [2.05, 4.69) is 19.1 Å². The van der Waals surface area contributed by atoms with Gasteiger partial charge in [0, 0.05) is 6.08 Å². The minimum absolute atomic E-state index is 0.750. The molecule has 0 N–H and O–H groups in total. The van der Waals surface area contributed by atoms with Gasteiger partial charge in [-0.15, -0.1) is 0 Å². The Labute approximate surface area is 137 Å². The second-order valence-electron chi connectivity index (χ2n) is 7.53. The van der Waals surface area contributed by atoms with E-state index >= 15 is 0 Å². The van der Waals surface area contributed by atoms with E-state index < -0.39 is 0 Å². The summed E-state index contributed by atoms with van der Waals surface area (Å²) in [5, 5.41) is 8.46. The molecule has 2 aliphatic rings. The van der Waals surface area contributed by atoms with E-state index in [0.717, 1.165) is 23.7 Å². The maximum absolute atomic E-state index is 8.46. The first-order valence-electron chi connectivity index (χ1n) is 9.54. The molecule has 2 rings (SSSR count). The van der Waals surface area contributed by atoms with Gasteiger partial charge in [0.15, 0.2) is 0 Å². The zero-order valence-corrected chi connectivity index (χ0v) is 14.3. The number of hydrogen-bond donors (Lipinski definition) is 0. The van der Waals surface area contributed by atoms with E-state index in [4.69, 9.17) is 5.26 Å². The molecule has 0 heterocycles. The highest BCUT2D eigenvalue weighted by atomic mass is 14.3. The predicted octanol–water partition coefficient (Wildman–Crippen LogP) is 6.43. The Hall–Kier alpha value is -1.03. The van der Waals surface area contributed by atoms with Crippen LogP contribution in [0.2, 0.25) is 0 Å². The Balaban J connectivity index is 1.59. The summed E-state index contributed by atoms with van der Waals surface area (Å²) in [6.45, 7) is 2.36. The molecular weight excluding hydrogens is 266 g/mol. The van der Waals surface area contributed by atoms with Crippen LogP contribution in [0.5, 0.6) is 0 Å². The lowest BCUT2D eigenvalue weighted by atomic mass is 9.75. The standard InChI is InChI=1S/C21H33N/c1-2-18-7-9-20(10-8-18)15-16-21-13-11-19(12-14-21)6-4-3-5-17-22/h3-6,18-21H,2,7-16H2,1H3/b5-3+,6-4+. The lowest BCUT2D eigenvalue weighted by Gasteiger charge is -2.31. The molecule has 0 bridgehead atoms. The molecule has 0 aromatic heterocycles. The number of rotatable bonds is 6. The summed E-state index contributed by atoms with van der Waals surface area (Å²) in [6, 6.07) is 2.03. The Morgan fingerprint density at radius 2 is 1.36 bits per heavy atom. The van der Waals surface area contributed by atoms with Crippen LogP contribution in [0.1, 0.15) is 77.6 Å². The Bertz CT molecular complexity index is 385. The van der Waals surface area contributed by atoms with Gasteiger partial charge in [0.1, 0.15) is 0 Å². The maximum Gasteiger partial charge on any atom is 0.0912 e. The maximum atomic E-state index is 8.46. The first-order valence-corrected chi connectivity index (χ1v) is 9.54. The SMILES string of the molecule is CCC1CCC(CCC2CCC(/C=C/C=C/C#N)CC2)CC1. The van der Waals surface area contributed by atoms with Gasteiger partial charge in [-0.3, -0.25) is 0 Å². The first kappa shape index (κ1) is 17.3. The topological polar surface area (TPSA) is 23.8 Å². The van der Waals surface area contributed by atoms with Crippen molar-refractivity contribution in [3.05, 3.63) is 24.3 Å². The van der Waals surface area contributed by atoms with E-state index in [0.29, 0.717) is 0 Å². The van der Waals surface area contributed by atoms with Crippen LogP contribution in [0.25, 0.3) is 0 Å². The fraction of sp³-hybridized carbons (Fsp3) is 0.762. The molecular formula is C21H33N. The van der Waals surface area contributed by atoms with E-state index in [1.54, 1.807) is 6.08 Å². The summed E-state index contributed by atoms with van der Waals surface area (Å²) >= 11 is 0. The van der Waals surface area contributed by atoms with Crippen molar-refractivity contribution in [3.8, 4) is 6.07 Å². The average molecular weight is 300 g/mol. The van der Waals surface area contributed by atoms with Gasteiger partial charge in [-0.1, -0.05) is 70.1 Å². The van der Waals surface area contributed by atoms with E-state index in [1.807, 2.05) is 12.1 Å². The molecule has 122 valence electrons. The van der Waals surface area contributed by atoms with E-state index in [-0.39, 0.29) is 0 Å². The molecule has 0 amide bonds. The summed E-state index contributed by atoms with van der Waals surface area (Å²) in [7, 11) is 0. The van der Waals surface area contributed by atoms with Gasteiger partial charge in [0.05, 0.1) is 6.07 Å². The molecule has 2 aliphatic carbocycles. The first-order chi connectivity index (χ1) is 10.8. The fourth-order valence-electron chi connectivity index (χ4n) is 4.39. The minimum Gasteiger partial charge on any atom is -0.193 e. The highest BCUT2D eigenvalue weighted by Gasteiger charge is 2.23. The van der Waals surface area contributed by atoms with E-state index in [9.17, 15) is 0 Å². The molecule has 0 unspecified atom stereocenters. The molecule has 1 heteroatoms. The average Bonchev–Trinajstić information content (AvgIpc) is 2.58. The van der Waals surface area contributed by atoms with Crippen LogP contribution in [0.4, 0.5) is 0 Å². The van der Waals surface area contributed by atoms with Crippen molar-refractivity contribution < 1.29 is 0 Å². The zero-order valence-electron chi connectivity index (χ0n) is 14.3. The van der Waals surface area contributed by atoms with Crippen LogP contribution in [0.3, 0.4) is 0 Å². The molecule has 0 spiro atoms. The molecule has 0 radical (unpaired) electrons. The van der Waals surface area contributed by atoms with Crippen LogP contribution in [-0.2, 0) is 0 Å². The van der Waals surface area contributed by atoms with Gasteiger partial charge in [-0.25, -0.2) is 0 Å². The van der Waals surface area contributed by atoms with Crippen molar-refractivity contribution in [1.82, 2.24) is 0 Å². The lowest BCUT2D eigenvalue weighted by Crippen LogP contribution is -2.17. The largest absolute Gasteiger partial charge is 0.193 e. The third-order valence-corrected chi connectivity index (χ3v) is 6.08. The van der Waals surface area contributed by atoms with Crippen molar-refractivity contribution in [2.45, 2.75) is 77.6 Å². The molecule has 0 aromatic carbocycles. The van der Waals surface area contributed by atoms with Crippen molar-refractivity contribution in [3.63, 3.8) is 0 Å². The van der Waals surface area contributed by atoms with Gasteiger partial charge < -0.3 is 0 Å². The molecule has 0 saturated heterocycles. The molecule has 0 atom stereocenters. The van der Waals surface area contributed by atoms with Crippen molar-refractivity contribution in [1.29, 1.82) is 5.26 Å². The number of hydrogen-bond acceptors (Lipinski definition) is 1. The smallest absolute Gasteiger partial charge is 0.0912 e. The number of nitriles is 1. The van der Waals surface area contributed by atoms with Gasteiger partial charge in [0.25, 0.3) is 0 Å². The van der Waals surface area contributed by atoms with Crippen LogP contribution in [-0.4, -0.2) is 0 Å². The van der Waals surface area contributed by atoms with Crippen LogP contribution < -0.4 is 0 Å². The van der Waals surface area contributed by atoms with Crippen molar-refractivity contribution in [2.75, 3.05) is 0 Å². The fourth-order valence-corrected chi connectivity index (χ4v) is 4.39. The number of allylic oxidation sites excluding steroid dienone is 4. The molecule has 2 fully saturated rings. The van der Waals surface area contributed by atoms with Crippen LogP contribution in [0.15, 0.2) is 24.3 Å². The lowest BCUT2D eigenvalue weighted by molar-refractivity contribution is 0.224. The monoisotopic (exact) mass is 299 g/mol. The van der Waals surface area contributed by atoms with Crippen LogP contribution in [0, 0.1) is 35.0 Å². The van der Waals surface area contributed by atoms with E-state index in [1.165, 1.54) is 70.6 Å². The normalized spacial score (nSPS) is 33.3. The Morgan fingerprint density at radius 3 is 1.91 bits per heavy atom. The molecule has 22 heavy (non-hydrogen) atoms. The summed E-state index contributed by atoms with van der Waals surface area (Å²) in [5.74, 6) is 3.81. The van der Waals surface area contributed by atoms with Gasteiger partial charge >= 0.3 is 0 Å². The summed E-state index contributed by atoms with van der Waals surface area (Å²) in [4.78, 5) is 0. The molecule has 0 aromatic rings. The molecule has 2 saturated carbocycles. The predicted molar refractivity (Wildman–Crippen MR) is 94.3 cm³/mol. The zero-order chi connectivity index (χ0) is 15.6. The van der Waals surface area contributed by atoms with Crippen molar-refractivity contribution in [2.24, 2.45) is 23.7 Å². The number of nitrogens with zero attached hydrogens (tertiary/aromatic N) is 1. The van der Waals surface area contributed by atoms with Crippen molar-refractivity contribution >= 4 is 0 Å². The van der Waals surface area contributed by atoms with Gasteiger partial charge in [0.2, 0.25) is 0 Å². The van der Waals surface area contributed by atoms with Crippen LogP contribution >= 0.6 is 0 Å². The third-order valence-electron chi connectivity index (χ3n) is 6.08.